The Kier molecular flexibility index (Phi) is 5.37. The Balaban J connectivity index is 0.00000176. The first kappa shape index (κ1) is 16.7. The molecule has 0 radical (unpaired) electrons. The molecule has 118 valence electrons. The molecule has 0 spiro atoms. The molecular formula is C17H19ClF2N2. The summed E-state index contributed by atoms with van der Waals surface area (Å²) in [7, 11) is 1.96. The summed E-state index contributed by atoms with van der Waals surface area (Å²) in [4.78, 5) is 2.06. The van der Waals surface area contributed by atoms with Crippen LogP contribution in [0.15, 0.2) is 36.4 Å². The molecule has 0 aromatic heterocycles. The predicted molar refractivity (Wildman–Crippen MR) is 87.4 cm³/mol. The van der Waals surface area contributed by atoms with E-state index in [1.54, 1.807) is 0 Å². The number of para-hydroxylation sites is 1. The summed E-state index contributed by atoms with van der Waals surface area (Å²) in [6.45, 7) is 2.23. The van der Waals surface area contributed by atoms with Gasteiger partial charge in [-0.1, -0.05) is 18.2 Å². The Morgan fingerprint density at radius 1 is 1.09 bits per heavy atom. The molecule has 0 fully saturated rings. The van der Waals surface area contributed by atoms with Crippen LogP contribution in [0.5, 0.6) is 0 Å². The van der Waals surface area contributed by atoms with E-state index in [0.29, 0.717) is 12.1 Å². The van der Waals surface area contributed by atoms with E-state index in [1.807, 2.05) is 7.05 Å². The van der Waals surface area contributed by atoms with E-state index in [4.69, 9.17) is 0 Å². The molecule has 5 heteroatoms. The molecule has 0 unspecified atom stereocenters. The summed E-state index contributed by atoms with van der Waals surface area (Å²) < 4.78 is 26.4. The van der Waals surface area contributed by atoms with Gasteiger partial charge in [0.1, 0.15) is 11.6 Å². The summed E-state index contributed by atoms with van der Waals surface area (Å²) in [5, 5.41) is 3.41. The van der Waals surface area contributed by atoms with Gasteiger partial charge in [-0.2, -0.15) is 0 Å². The largest absolute Gasteiger partial charge is 0.384 e. The average Bonchev–Trinajstić information content (AvgIpc) is 2.86. The predicted octanol–water partition coefficient (Wildman–Crippen LogP) is 3.99. The van der Waals surface area contributed by atoms with Gasteiger partial charge in [-0.15, -0.1) is 12.4 Å². The van der Waals surface area contributed by atoms with Crippen LogP contribution < -0.4 is 5.32 Å². The van der Waals surface area contributed by atoms with Crippen molar-refractivity contribution in [2.75, 3.05) is 18.9 Å². The average molecular weight is 325 g/mol. The molecule has 1 aliphatic rings. The highest BCUT2D eigenvalue weighted by atomic mass is 35.5. The van der Waals surface area contributed by atoms with Crippen LogP contribution in [-0.4, -0.2) is 18.5 Å². The van der Waals surface area contributed by atoms with Crippen molar-refractivity contribution in [1.29, 1.82) is 0 Å². The fraction of sp³-hybridized carbons (Fsp3) is 0.294. The minimum absolute atomic E-state index is 0. The maximum absolute atomic E-state index is 13.2. The monoisotopic (exact) mass is 324 g/mol. The summed E-state index contributed by atoms with van der Waals surface area (Å²) in [5.74, 6) is -1.05. The molecule has 2 aromatic carbocycles. The maximum atomic E-state index is 13.2. The van der Waals surface area contributed by atoms with Gasteiger partial charge in [0, 0.05) is 31.4 Å². The first-order valence-corrected chi connectivity index (χ1v) is 7.10. The Labute approximate surface area is 135 Å². The van der Waals surface area contributed by atoms with Crippen LogP contribution in [0.2, 0.25) is 0 Å². The highest BCUT2D eigenvalue weighted by Gasteiger charge is 2.14. The van der Waals surface area contributed by atoms with Gasteiger partial charge in [0.2, 0.25) is 0 Å². The topological polar surface area (TPSA) is 15.3 Å². The number of nitrogens with zero attached hydrogens (tertiary/aromatic N) is 1. The van der Waals surface area contributed by atoms with E-state index in [2.05, 4.69) is 28.4 Å². The van der Waals surface area contributed by atoms with Gasteiger partial charge in [0.25, 0.3) is 0 Å². The number of nitrogens with one attached hydrogen (secondary N) is 1. The lowest BCUT2D eigenvalue weighted by Crippen LogP contribution is -2.18. The van der Waals surface area contributed by atoms with E-state index in [0.717, 1.165) is 25.6 Å². The van der Waals surface area contributed by atoms with Crippen LogP contribution in [0.3, 0.4) is 0 Å². The SMILES string of the molecule is CN(Cc1cc(F)cc(F)c1)Cc1cccc2c1NCC2.Cl. The number of benzene rings is 2. The normalized spacial score (nSPS) is 12.7. The first-order chi connectivity index (χ1) is 10.1. The third kappa shape index (κ3) is 3.76. The van der Waals surface area contributed by atoms with Crippen molar-refractivity contribution >= 4 is 18.1 Å². The molecule has 0 saturated heterocycles. The minimum atomic E-state index is -0.527. The number of anilines is 1. The van der Waals surface area contributed by atoms with Gasteiger partial charge in [0.15, 0.2) is 0 Å². The van der Waals surface area contributed by atoms with E-state index < -0.39 is 11.6 Å². The van der Waals surface area contributed by atoms with Gasteiger partial charge < -0.3 is 5.32 Å². The number of halogens is 3. The highest BCUT2D eigenvalue weighted by Crippen LogP contribution is 2.27. The molecule has 0 saturated carbocycles. The fourth-order valence-electron chi connectivity index (χ4n) is 2.90. The summed E-state index contributed by atoms with van der Waals surface area (Å²) in [5.41, 5.74) is 4.44. The Bertz CT molecular complexity index is 641. The van der Waals surface area contributed by atoms with Crippen molar-refractivity contribution in [3.63, 3.8) is 0 Å². The van der Waals surface area contributed by atoms with Crippen molar-refractivity contribution in [2.45, 2.75) is 19.5 Å². The number of hydrogen-bond donors (Lipinski definition) is 1. The van der Waals surface area contributed by atoms with Gasteiger partial charge in [-0.25, -0.2) is 8.78 Å². The van der Waals surface area contributed by atoms with Crippen LogP contribution in [-0.2, 0) is 19.5 Å². The molecule has 2 nitrogen and oxygen atoms in total. The molecule has 1 heterocycles. The van der Waals surface area contributed by atoms with Gasteiger partial charge >= 0.3 is 0 Å². The molecule has 3 rings (SSSR count). The molecule has 1 aliphatic heterocycles. The lowest BCUT2D eigenvalue weighted by Gasteiger charge is -2.19. The molecule has 0 amide bonds. The molecule has 2 aromatic rings. The third-order valence-corrected chi connectivity index (χ3v) is 3.75. The van der Waals surface area contributed by atoms with Gasteiger partial charge in [-0.3, -0.25) is 4.90 Å². The van der Waals surface area contributed by atoms with E-state index >= 15 is 0 Å². The lowest BCUT2D eigenvalue weighted by molar-refractivity contribution is 0.318. The Morgan fingerprint density at radius 2 is 1.82 bits per heavy atom. The number of hydrogen-bond acceptors (Lipinski definition) is 2. The number of rotatable bonds is 4. The minimum Gasteiger partial charge on any atom is -0.384 e. The third-order valence-electron chi connectivity index (χ3n) is 3.75. The summed E-state index contributed by atoms with van der Waals surface area (Å²) in [6.07, 6.45) is 1.06. The van der Waals surface area contributed by atoms with Crippen molar-refractivity contribution < 1.29 is 8.78 Å². The Morgan fingerprint density at radius 3 is 2.55 bits per heavy atom. The summed E-state index contributed by atoms with van der Waals surface area (Å²) >= 11 is 0. The van der Waals surface area contributed by atoms with Crippen LogP contribution in [0.25, 0.3) is 0 Å². The van der Waals surface area contributed by atoms with Gasteiger partial charge in [0.05, 0.1) is 0 Å². The van der Waals surface area contributed by atoms with Crippen LogP contribution in [0, 0.1) is 11.6 Å². The standard InChI is InChI=1S/C17H18F2N2.ClH/c1-21(10-12-7-15(18)9-16(19)8-12)11-14-4-2-3-13-5-6-20-17(13)14;/h2-4,7-9,20H,5-6,10-11H2,1H3;1H. The lowest BCUT2D eigenvalue weighted by atomic mass is 10.1. The van der Waals surface area contributed by atoms with Crippen molar-refractivity contribution in [1.82, 2.24) is 4.90 Å². The molecule has 22 heavy (non-hydrogen) atoms. The second-order valence-electron chi connectivity index (χ2n) is 5.58. The molecule has 0 aliphatic carbocycles. The van der Waals surface area contributed by atoms with Crippen LogP contribution >= 0.6 is 12.4 Å². The quantitative estimate of drug-likeness (QED) is 0.915. The zero-order chi connectivity index (χ0) is 14.8. The van der Waals surface area contributed by atoms with E-state index in [1.165, 1.54) is 28.9 Å². The second kappa shape index (κ2) is 7.07. The van der Waals surface area contributed by atoms with Crippen molar-refractivity contribution in [3.05, 3.63) is 64.7 Å². The van der Waals surface area contributed by atoms with Gasteiger partial charge in [-0.05, 0) is 42.3 Å². The zero-order valence-corrected chi connectivity index (χ0v) is 13.2. The summed E-state index contributed by atoms with van der Waals surface area (Å²) in [6, 6.07) is 9.97. The van der Waals surface area contributed by atoms with E-state index in [9.17, 15) is 8.78 Å². The van der Waals surface area contributed by atoms with Crippen molar-refractivity contribution in [3.8, 4) is 0 Å². The van der Waals surface area contributed by atoms with Crippen LogP contribution in [0.4, 0.5) is 14.5 Å². The van der Waals surface area contributed by atoms with Crippen molar-refractivity contribution in [2.24, 2.45) is 0 Å². The molecular weight excluding hydrogens is 306 g/mol. The molecule has 0 atom stereocenters. The maximum Gasteiger partial charge on any atom is 0.126 e. The molecule has 0 bridgehead atoms. The Hall–Kier alpha value is -1.65. The number of fused-ring (bicyclic) bond motifs is 1. The highest BCUT2D eigenvalue weighted by molar-refractivity contribution is 5.85. The molecule has 1 N–H and O–H groups in total. The zero-order valence-electron chi connectivity index (χ0n) is 12.4. The van der Waals surface area contributed by atoms with Crippen LogP contribution in [0.1, 0.15) is 16.7 Å². The van der Waals surface area contributed by atoms with E-state index in [-0.39, 0.29) is 12.4 Å². The second-order valence-corrected chi connectivity index (χ2v) is 5.58. The first-order valence-electron chi connectivity index (χ1n) is 7.10. The fourth-order valence-corrected chi connectivity index (χ4v) is 2.90. The smallest absolute Gasteiger partial charge is 0.126 e.